The average molecular weight is 306 g/mol. The predicted molar refractivity (Wildman–Crippen MR) is 70.2 cm³/mol. The molecule has 1 atom stereocenters. The van der Waals surface area contributed by atoms with Crippen LogP contribution in [0.3, 0.4) is 0 Å². The Morgan fingerprint density at radius 2 is 1.88 bits per heavy atom. The van der Waals surface area contributed by atoms with Gasteiger partial charge in [-0.25, -0.2) is 8.78 Å². The summed E-state index contributed by atoms with van der Waals surface area (Å²) in [5, 5.41) is 0. The van der Waals surface area contributed by atoms with Gasteiger partial charge in [0.15, 0.2) is 0 Å². The minimum absolute atomic E-state index is 0.0156. The van der Waals surface area contributed by atoms with Gasteiger partial charge < -0.3 is 5.73 Å². The molecule has 1 unspecified atom stereocenters. The van der Waals surface area contributed by atoms with Gasteiger partial charge in [0, 0.05) is 17.4 Å². The Hall–Kier alpha value is -0.480. The number of rotatable bonds is 3. The van der Waals surface area contributed by atoms with Gasteiger partial charge in [0.25, 0.3) is 0 Å². The molecule has 0 bridgehead atoms. The summed E-state index contributed by atoms with van der Waals surface area (Å²) in [6.45, 7) is 5.20. The van der Waals surface area contributed by atoms with Gasteiger partial charge in [0.2, 0.25) is 0 Å². The van der Waals surface area contributed by atoms with Crippen LogP contribution in [0.2, 0.25) is 0 Å². The Kier molecular flexibility index (Phi) is 4.31. The molecule has 1 rings (SSSR count). The minimum atomic E-state index is -1.62. The zero-order valence-corrected chi connectivity index (χ0v) is 11.9. The first-order valence-corrected chi connectivity index (χ1v) is 6.32. The first kappa shape index (κ1) is 14.6. The smallest absolute Gasteiger partial charge is 0.132 e. The SMILES string of the molecule is CC(C)(C)C(F)(CN)Cc1cc(Br)ccc1F. The molecular weight excluding hydrogens is 288 g/mol. The van der Waals surface area contributed by atoms with Gasteiger partial charge in [0.05, 0.1) is 0 Å². The van der Waals surface area contributed by atoms with Crippen molar-refractivity contribution in [1.29, 1.82) is 0 Å². The maximum atomic E-state index is 14.7. The first-order chi connectivity index (χ1) is 7.69. The van der Waals surface area contributed by atoms with Gasteiger partial charge in [-0.3, -0.25) is 0 Å². The lowest BCUT2D eigenvalue weighted by molar-refractivity contribution is 0.0374. The second kappa shape index (κ2) is 5.02. The second-order valence-corrected chi connectivity index (χ2v) is 6.25. The van der Waals surface area contributed by atoms with E-state index in [-0.39, 0.29) is 13.0 Å². The van der Waals surface area contributed by atoms with Crippen LogP contribution in [0.15, 0.2) is 22.7 Å². The quantitative estimate of drug-likeness (QED) is 0.902. The van der Waals surface area contributed by atoms with Crippen LogP contribution in [0, 0.1) is 11.2 Å². The highest BCUT2D eigenvalue weighted by Gasteiger charge is 2.41. The van der Waals surface area contributed by atoms with Crippen LogP contribution in [0.5, 0.6) is 0 Å². The third-order valence-electron chi connectivity index (χ3n) is 3.15. The van der Waals surface area contributed by atoms with Crippen molar-refractivity contribution in [2.24, 2.45) is 11.1 Å². The third kappa shape index (κ3) is 3.26. The molecule has 0 aliphatic heterocycles. The van der Waals surface area contributed by atoms with Crippen molar-refractivity contribution in [3.63, 3.8) is 0 Å². The molecule has 0 amide bonds. The van der Waals surface area contributed by atoms with E-state index in [1.54, 1.807) is 32.9 Å². The summed E-state index contributed by atoms with van der Waals surface area (Å²) >= 11 is 3.26. The van der Waals surface area contributed by atoms with E-state index in [2.05, 4.69) is 15.9 Å². The van der Waals surface area contributed by atoms with Crippen LogP contribution in [0.1, 0.15) is 26.3 Å². The molecule has 1 aromatic carbocycles. The minimum Gasteiger partial charge on any atom is -0.327 e. The van der Waals surface area contributed by atoms with E-state index < -0.39 is 16.9 Å². The first-order valence-electron chi connectivity index (χ1n) is 5.52. The van der Waals surface area contributed by atoms with Crippen LogP contribution in [-0.4, -0.2) is 12.2 Å². The van der Waals surface area contributed by atoms with Crippen molar-refractivity contribution in [3.8, 4) is 0 Å². The second-order valence-electron chi connectivity index (χ2n) is 5.33. The highest BCUT2D eigenvalue weighted by atomic mass is 79.9. The molecule has 0 radical (unpaired) electrons. The summed E-state index contributed by atoms with van der Waals surface area (Å²) in [5.74, 6) is -0.395. The molecule has 0 aliphatic rings. The summed E-state index contributed by atoms with van der Waals surface area (Å²) in [7, 11) is 0. The molecule has 0 aliphatic carbocycles. The molecule has 0 fully saturated rings. The number of hydrogen-bond donors (Lipinski definition) is 1. The topological polar surface area (TPSA) is 26.0 Å². The van der Waals surface area contributed by atoms with E-state index in [1.165, 1.54) is 6.07 Å². The fourth-order valence-electron chi connectivity index (χ4n) is 1.62. The molecule has 0 spiro atoms. The van der Waals surface area contributed by atoms with E-state index in [4.69, 9.17) is 5.73 Å². The van der Waals surface area contributed by atoms with Crippen LogP contribution < -0.4 is 5.73 Å². The summed E-state index contributed by atoms with van der Waals surface area (Å²) in [6.07, 6.45) is -0.0156. The van der Waals surface area contributed by atoms with E-state index in [0.717, 1.165) is 4.47 Å². The average Bonchev–Trinajstić information content (AvgIpc) is 2.21. The molecule has 0 saturated heterocycles. The molecule has 2 N–H and O–H groups in total. The van der Waals surface area contributed by atoms with Crippen LogP contribution >= 0.6 is 15.9 Å². The Bertz CT molecular complexity index is 401. The third-order valence-corrected chi connectivity index (χ3v) is 3.64. The zero-order valence-electron chi connectivity index (χ0n) is 10.4. The van der Waals surface area contributed by atoms with Crippen LogP contribution in [0.4, 0.5) is 8.78 Å². The maximum absolute atomic E-state index is 14.7. The molecule has 1 aromatic rings. The Morgan fingerprint density at radius 3 is 2.35 bits per heavy atom. The van der Waals surface area contributed by atoms with E-state index in [1.807, 2.05) is 0 Å². The van der Waals surface area contributed by atoms with Gasteiger partial charge in [-0.2, -0.15) is 0 Å². The standard InChI is InChI=1S/C13H18BrF2N/c1-12(2,3)13(16,8-17)7-9-6-10(14)4-5-11(9)15/h4-6H,7-8,17H2,1-3H3. The van der Waals surface area contributed by atoms with Crippen molar-refractivity contribution in [1.82, 2.24) is 0 Å². The predicted octanol–water partition coefficient (Wildman–Crippen LogP) is 3.84. The van der Waals surface area contributed by atoms with Crippen molar-refractivity contribution in [3.05, 3.63) is 34.1 Å². The Balaban J connectivity index is 3.07. The molecule has 4 heteroatoms. The highest BCUT2D eigenvalue weighted by molar-refractivity contribution is 9.10. The normalized spacial score (nSPS) is 15.7. The largest absolute Gasteiger partial charge is 0.327 e. The molecule has 96 valence electrons. The lowest BCUT2D eigenvalue weighted by Gasteiger charge is -2.37. The maximum Gasteiger partial charge on any atom is 0.132 e. The number of hydrogen-bond acceptors (Lipinski definition) is 1. The monoisotopic (exact) mass is 305 g/mol. The molecule has 0 heterocycles. The number of nitrogens with two attached hydrogens (primary N) is 1. The van der Waals surface area contributed by atoms with Crippen molar-refractivity contribution in [2.45, 2.75) is 32.9 Å². The summed E-state index contributed by atoms with van der Waals surface area (Å²) in [6, 6.07) is 4.53. The Labute approximate surface area is 110 Å². The fraction of sp³-hybridized carbons (Fsp3) is 0.538. The number of alkyl halides is 1. The molecular formula is C13H18BrF2N. The molecule has 0 saturated carbocycles. The van der Waals surface area contributed by atoms with E-state index >= 15 is 0 Å². The highest BCUT2D eigenvalue weighted by Crippen LogP contribution is 2.37. The van der Waals surface area contributed by atoms with Crippen molar-refractivity contribution in [2.75, 3.05) is 6.54 Å². The summed E-state index contributed by atoms with van der Waals surface area (Å²) < 4.78 is 29.1. The molecule has 0 aromatic heterocycles. The van der Waals surface area contributed by atoms with Crippen LogP contribution in [0.25, 0.3) is 0 Å². The summed E-state index contributed by atoms with van der Waals surface area (Å²) in [5.41, 5.74) is 3.62. The van der Waals surface area contributed by atoms with Gasteiger partial charge in [-0.15, -0.1) is 0 Å². The Morgan fingerprint density at radius 1 is 1.29 bits per heavy atom. The molecule has 17 heavy (non-hydrogen) atoms. The van der Waals surface area contributed by atoms with Gasteiger partial charge in [-0.05, 0) is 29.2 Å². The van der Waals surface area contributed by atoms with Gasteiger partial charge >= 0.3 is 0 Å². The van der Waals surface area contributed by atoms with Gasteiger partial charge in [-0.1, -0.05) is 36.7 Å². The van der Waals surface area contributed by atoms with E-state index in [0.29, 0.717) is 5.56 Å². The van der Waals surface area contributed by atoms with Crippen LogP contribution in [-0.2, 0) is 6.42 Å². The number of halogens is 3. The lowest BCUT2D eigenvalue weighted by Crippen LogP contribution is -2.47. The summed E-state index contributed by atoms with van der Waals surface area (Å²) in [4.78, 5) is 0. The fourth-order valence-corrected chi connectivity index (χ4v) is 2.03. The lowest BCUT2D eigenvalue weighted by atomic mass is 9.74. The number of benzene rings is 1. The van der Waals surface area contributed by atoms with Crippen molar-refractivity contribution < 1.29 is 8.78 Å². The zero-order chi connectivity index (χ0) is 13.3. The van der Waals surface area contributed by atoms with Crippen molar-refractivity contribution >= 4 is 15.9 Å². The van der Waals surface area contributed by atoms with Gasteiger partial charge in [0.1, 0.15) is 11.5 Å². The molecule has 1 nitrogen and oxygen atoms in total. The van der Waals surface area contributed by atoms with E-state index in [9.17, 15) is 8.78 Å².